The van der Waals surface area contributed by atoms with Crippen LogP contribution in [0, 0.1) is 0 Å². The van der Waals surface area contributed by atoms with Gasteiger partial charge in [-0.2, -0.15) is 0 Å². The first-order valence-electron chi connectivity index (χ1n) is 10.2. The van der Waals surface area contributed by atoms with Gasteiger partial charge >= 0.3 is 6.03 Å². The molecule has 3 amide bonds. The molecule has 1 aromatic carbocycles. The van der Waals surface area contributed by atoms with Crippen molar-refractivity contribution in [2.75, 3.05) is 33.8 Å². The molecule has 156 valence electrons. The number of nitrogens with zero attached hydrogens (tertiary/aromatic N) is 2. The maximum absolute atomic E-state index is 12.1. The Balaban J connectivity index is 1.62. The number of rotatable bonds is 6. The van der Waals surface area contributed by atoms with Crippen LogP contribution >= 0.6 is 0 Å². The fourth-order valence-corrected chi connectivity index (χ4v) is 3.27. The minimum atomic E-state index is 0.0393. The summed E-state index contributed by atoms with van der Waals surface area (Å²) in [7, 11) is 3.52. The van der Waals surface area contributed by atoms with Crippen LogP contribution in [-0.4, -0.2) is 61.6 Å². The summed E-state index contributed by atoms with van der Waals surface area (Å²) in [5.74, 6) is 0.899. The molecule has 1 heterocycles. The summed E-state index contributed by atoms with van der Waals surface area (Å²) >= 11 is 0. The molecule has 1 saturated heterocycles. The Hall–Kier alpha value is -2.24. The van der Waals surface area contributed by atoms with Crippen molar-refractivity contribution in [2.24, 2.45) is 0 Å². The van der Waals surface area contributed by atoms with E-state index in [1.807, 2.05) is 17.0 Å². The van der Waals surface area contributed by atoms with Gasteiger partial charge in [-0.25, -0.2) is 4.79 Å². The van der Waals surface area contributed by atoms with Gasteiger partial charge in [-0.05, 0) is 42.4 Å². The molecule has 0 unspecified atom stereocenters. The van der Waals surface area contributed by atoms with Gasteiger partial charge in [0.2, 0.25) is 5.91 Å². The Bertz CT molecular complexity index is 642. The summed E-state index contributed by atoms with van der Waals surface area (Å²) in [5.41, 5.74) is 1.41. The van der Waals surface area contributed by atoms with E-state index in [4.69, 9.17) is 4.74 Å². The maximum atomic E-state index is 12.1. The highest BCUT2D eigenvalue weighted by Crippen LogP contribution is 2.24. The lowest BCUT2D eigenvalue weighted by Crippen LogP contribution is -2.49. The monoisotopic (exact) mass is 389 g/mol. The van der Waals surface area contributed by atoms with Crippen molar-refractivity contribution < 1.29 is 14.3 Å². The third-order valence-corrected chi connectivity index (χ3v) is 5.05. The zero-order valence-corrected chi connectivity index (χ0v) is 18.0. The molecule has 2 rings (SSSR count). The summed E-state index contributed by atoms with van der Waals surface area (Å²) < 4.78 is 5.75. The first kappa shape index (κ1) is 22.1. The van der Waals surface area contributed by atoms with E-state index in [9.17, 15) is 9.59 Å². The van der Waals surface area contributed by atoms with Crippen LogP contribution in [0.2, 0.25) is 0 Å². The molecular weight excluding hydrogens is 354 g/mol. The highest BCUT2D eigenvalue weighted by Gasteiger charge is 2.24. The lowest BCUT2D eigenvalue weighted by molar-refractivity contribution is -0.122. The van der Waals surface area contributed by atoms with Gasteiger partial charge < -0.3 is 19.9 Å². The van der Waals surface area contributed by atoms with Gasteiger partial charge in [0.1, 0.15) is 5.75 Å². The Labute approximate surface area is 169 Å². The predicted octanol–water partition coefficient (Wildman–Crippen LogP) is 3.41. The van der Waals surface area contributed by atoms with E-state index in [2.05, 4.69) is 38.2 Å². The average molecular weight is 390 g/mol. The highest BCUT2D eigenvalue weighted by molar-refractivity contribution is 5.76. The van der Waals surface area contributed by atoms with E-state index in [-0.39, 0.29) is 23.4 Å². The first-order chi connectivity index (χ1) is 13.2. The Morgan fingerprint density at radius 2 is 1.75 bits per heavy atom. The lowest BCUT2D eigenvalue weighted by atomic mass is 9.87. The van der Waals surface area contributed by atoms with Crippen LogP contribution in [0.25, 0.3) is 0 Å². The summed E-state index contributed by atoms with van der Waals surface area (Å²) in [6.07, 6.45) is 2.76. The van der Waals surface area contributed by atoms with E-state index in [0.717, 1.165) is 18.6 Å². The van der Waals surface area contributed by atoms with E-state index >= 15 is 0 Å². The van der Waals surface area contributed by atoms with Crippen LogP contribution in [0.4, 0.5) is 4.79 Å². The largest absolute Gasteiger partial charge is 0.494 e. The van der Waals surface area contributed by atoms with Crippen LogP contribution in [0.1, 0.15) is 52.0 Å². The number of amides is 3. The van der Waals surface area contributed by atoms with Gasteiger partial charge in [0.05, 0.1) is 6.61 Å². The Morgan fingerprint density at radius 1 is 1.14 bits per heavy atom. The van der Waals surface area contributed by atoms with Gasteiger partial charge in [0.25, 0.3) is 0 Å². The summed E-state index contributed by atoms with van der Waals surface area (Å²) in [6, 6.07) is 8.36. The number of nitrogens with one attached hydrogen (secondary N) is 1. The number of urea groups is 1. The van der Waals surface area contributed by atoms with Crippen LogP contribution in [0.5, 0.6) is 5.75 Å². The second kappa shape index (κ2) is 9.80. The lowest BCUT2D eigenvalue weighted by Gasteiger charge is -2.33. The van der Waals surface area contributed by atoms with Gasteiger partial charge in [0, 0.05) is 39.6 Å². The number of ether oxygens (including phenoxy) is 1. The van der Waals surface area contributed by atoms with E-state index in [1.165, 1.54) is 5.56 Å². The highest BCUT2D eigenvalue weighted by atomic mass is 16.5. The minimum absolute atomic E-state index is 0.0393. The van der Waals surface area contributed by atoms with Crippen molar-refractivity contribution in [3.63, 3.8) is 0 Å². The zero-order chi connectivity index (χ0) is 20.7. The Kier molecular flexibility index (Phi) is 7.72. The number of likely N-dealkylation sites (tertiary alicyclic amines) is 1. The first-order valence-corrected chi connectivity index (χ1v) is 10.2. The number of carbonyl (C=O) groups excluding carboxylic acids is 2. The molecule has 0 saturated carbocycles. The molecule has 0 radical (unpaired) electrons. The second-order valence-electron chi connectivity index (χ2n) is 8.73. The Morgan fingerprint density at radius 3 is 2.29 bits per heavy atom. The summed E-state index contributed by atoms with van der Waals surface area (Å²) in [4.78, 5) is 27.5. The summed E-state index contributed by atoms with van der Waals surface area (Å²) in [6.45, 7) is 8.46. The fourth-order valence-electron chi connectivity index (χ4n) is 3.27. The molecule has 1 aromatic rings. The van der Waals surface area contributed by atoms with Crippen LogP contribution in [-0.2, 0) is 10.2 Å². The SMILES string of the molecule is CN(C)C(=O)N1CCC(NC(=O)CCCOc2ccc(C(C)(C)C)cc2)CC1. The number of hydrogen-bond donors (Lipinski definition) is 1. The molecule has 28 heavy (non-hydrogen) atoms. The van der Waals surface area contributed by atoms with E-state index in [1.54, 1.807) is 19.0 Å². The molecule has 0 atom stereocenters. The molecule has 0 aromatic heterocycles. The van der Waals surface area contributed by atoms with Crippen molar-refractivity contribution in [2.45, 2.75) is 57.9 Å². The van der Waals surface area contributed by atoms with Crippen LogP contribution in [0.15, 0.2) is 24.3 Å². The molecule has 0 spiro atoms. The van der Waals surface area contributed by atoms with Crippen molar-refractivity contribution in [1.82, 2.24) is 15.1 Å². The third kappa shape index (κ3) is 6.73. The normalized spacial score (nSPS) is 15.2. The van der Waals surface area contributed by atoms with Crippen LogP contribution < -0.4 is 10.1 Å². The van der Waals surface area contributed by atoms with Crippen LogP contribution in [0.3, 0.4) is 0 Å². The number of benzene rings is 1. The van der Waals surface area contributed by atoms with Gasteiger partial charge in [0.15, 0.2) is 0 Å². The van der Waals surface area contributed by atoms with Crippen molar-refractivity contribution >= 4 is 11.9 Å². The van der Waals surface area contributed by atoms with E-state index in [0.29, 0.717) is 32.5 Å². The van der Waals surface area contributed by atoms with Gasteiger partial charge in [-0.3, -0.25) is 4.79 Å². The molecule has 6 heteroatoms. The van der Waals surface area contributed by atoms with E-state index < -0.39 is 0 Å². The molecule has 1 N–H and O–H groups in total. The van der Waals surface area contributed by atoms with Crippen molar-refractivity contribution in [1.29, 1.82) is 0 Å². The number of carbonyl (C=O) groups is 2. The molecule has 0 aliphatic carbocycles. The third-order valence-electron chi connectivity index (χ3n) is 5.05. The minimum Gasteiger partial charge on any atom is -0.494 e. The quantitative estimate of drug-likeness (QED) is 0.759. The fraction of sp³-hybridized carbons (Fsp3) is 0.636. The molecule has 1 aliphatic rings. The second-order valence-corrected chi connectivity index (χ2v) is 8.73. The van der Waals surface area contributed by atoms with Crippen molar-refractivity contribution in [3.05, 3.63) is 29.8 Å². The molecule has 1 aliphatic heterocycles. The molecule has 0 bridgehead atoms. The predicted molar refractivity (Wildman–Crippen MR) is 112 cm³/mol. The summed E-state index contributed by atoms with van der Waals surface area (Å²) in [5, 5.41) is 3.08. The molecule has 6 nitrogen and oxygen atoms in total. The van der Waals surface area contributed by atoms with Crippen molar-refractivity contribution in [3.8, 4) is 5.75 Å². The van der Waals surface area contributed by atoms with Gasteiger partial charge in [-0.15, -0.1) is 0 Å². The average Bonchev–Trinajstić information content (AvgIpc) is 2.65. The molecular formula is C22H35N3O3. The van der Waals surface area contributed by atoms with Gasteiger partial charge in [-0.1, -0.05) is 32.9 Å². The zero-order valence-electron chi connectivity index (χ0n) is 18.0. The standard InChI is InChI=1S/C22H35N3O3/c1-22(2,3)17-8-10-19(11-9-17)28-16-6-7-20(26)23-18-12-14-25(15-13-18)21(27)24(4)5/h8-11,18H,6-7,12-16H2,1-5H3,(H,23,26). The topological polar surface area (TPSA) is 61.9 Å². The smallest absolute Gasteiger partial charge is 0.319 e. The number of piperidine rings is 1. The molecule has 1 fully saturated rings. The maximum Gasteiger partial charge on any atom is 0.319 e. The number of hydrogen-bond acceptors (Lipinski definition) is 3.